The molecule has 1 fully saturated rings. The van der Waals surface area contributed by atoms with E-state index in [-0.39, 0.29) is 5.91 Å². The summed E-state index contributed by atoms with van der Waals surface area (Å²) in [7, 11) is 0. The Bertz CT molecular complexity index is 385. The van der Waals surface area contributed by atoms with Crippen LogP contribution in [0.3, 0.4) is 0 Å². The van der Waals surface area contributed by atoms with Crippen molar-refractivity contribution in [1.82, 2.24) is 25.2 Å². The third-order valence-electron chi connectivity index (χ3n) is 3.03. The molecule has 0 unspecified atom stereocenters. The molecule has 1 saturated heterocycles. The number of nitrogens with one attached hydrogen (secondary N) is 1. The summed E-state index contributed by atoms with van der Waals surface area (Å²) >= 11 is 0. The summed E-state index contributed by atoms with van der Waals surface area (Å²) in [6.07, 6.45) is 2.71. The molecule has 0 saturated carbocycles. The molecule has 1 aromatic heterocycles. The zero-order valence-corrected chi connectivity index (χ0v) is 10.4. The first-order chi connectivity index (χ1) is 8.26. The van der Waals surface area contributed by atoms with Crippen molar-refractivity contribution in [3.8, 4) is 0 Å². The second kappa shape index (κ2) is 5.27. The molecule has 1 N–H and O–H groups in total. The van der Waals surface area contributed by atoms with Gasteiger partial charge in [0, 0.05) is 26.2 Å². The molecule has 1 amide bonds. The second-order valence-corrected chi connectivity index (χ2v) is 4.28. The summed E-state index contributed by atoms with van der Waals surface area (Å²) in [5.74, 6) is -0.0205. The van der Waals surface area contributed by atoms with Gasteiger partial charge in [-0.1, -0.05) is 12.1 Å². The molecule has 0 radical (unpaired) electrons. The van der Waals surface area contributed by atoms with Crippen LogP contribution >= 0.6 is 0 Å². The molecule has 94 valence electrons. The molecular formula is C11H19N5O. The molecule has 1 aliphatic rings. The SMILES string of the molecule is CCCN(CC)C(=O)c1cn(C2CNC2)nn1. The van der Waals surface area contributed by atoms with E-state index in [2.05, 4.69) is 22.6 Å². The van der Waals surface area contributed by atoms with E-state index in [1.165, 1.54) is 0 Å². The van der Waals surface area contributed by atoms with Gasteiger partial charge < -0.3 is 10.2 Å². The number of amides is 1. The first-order valence-corrected chi connectivity index (χ1v) is 6.18. The number of carbonyl (C=O) groups is 1. The average Bonchev–Trinajstić information content (AvgIpc) is 2.71. The lowest BCUT2D eigenvalue weighted by Crippen LogP contribution is -2.43. The maximum atomic E-state index is 12.1. The highest BCUT2D eigenvalue weighted by molar-refractivity contribution is 5.91. The Kier molecular flexibility index (Phi) is 3.73. The van der Waals surface area contributed by atoms with Gasteiger partial charge in [0.15, 0.2) is 5.69 Å². The van der Waals surface area contributed by atoms with Crippen LogP contribution in [-0.2, 0) is 0 Å². The normalized spacial score (nSPS) is 15.6. The van der Waals surface area contributed by atoms with Crippen molar-refractivity contribution < 1.29 is 4.79 Å². The first kappa shape index (κ1) is 12.0. The van der Waals surface area contributed by atoms with Gasteiger partial charge in [-0.15, -0.1) is 5.10 Å². The Morgan fingerprint density at radius 2 is 2.35 bits per heavy atom. The molecule has 0 aliphatic carbocycles. The van der Waals surface area contributed by atoms with Crippen LogP contribution in [0.1, 0.15) is 36.8 Å². The van der Waals surface area contributed by atoms with Crippen molar-refractivity contribution >= 4 is 5.91 Å². The molecule has 6 heteroatoms. The monoisotopic (exact) mass is 237 g/mol. The maximum absolute atomic E-state index is 12.1. The van der Waals surface area contributed by atoms with Gasteiger partial charge in [0.1, 0.15) is 0 Å². The van der Waals surface area contributed by atoms with E-state index in [9.17, 15) is 4.79 Å². The van der Waals surface area contributed by atoms with E-state index in [4.69, 9.17) is 0 Å². The van der Waals surface area contributed by atoms with E-state index in [1.54, 1.807) is 15.8 Å². The molecule has 2 heterocycles. The standard InChI is InChI=1S/C11H19N5O/c1-3-5-15(4-2)11(17)10-8-16(14-13-10)9-6-12-7-9/h8-9,12H,3-7H2,1-2H3. The van der Waals surface area contributed by atoms with Gasteiger partial charge in [0.05, 0.1) is 12.2 Å². The Hall–Kier alpha value is -1.43. The van der Waals surface area contributed by atoms with Gasteiger partial charge in [-0.3, -0.25) is 4.79 Å². The molecule has 2 rings (SSSR count). The van der Waals surface area contributed by atoms with Gasteiger partial charge in [-0.25, -0.2) is 4.68 Å². The average molecular weight is 237 g/mol. The van der Waals surface area contributed by atoms with Crippen LogP contribution in [-0.4, -0.2) is 52.0 Å². The van der Waals surface area contributed by atoms with Crippen molar-refractivity contribution in [2.75, 3.05) is 26.2 Å². The zero-order chi connectivity index (χ0) is 12.3. The van der Waals surface area contributed by atoms with Crippen molar-refractivity contribution in [3.63, 3.8) is 0 Å². The fourth-order valence-corrected chi connectivity index (χ4v) is 1.85. The number of hydrogen-bond donors (Lipinski definition) is 1. The lowest BCUT2D eigenvalue weighted by Gasteiger charge is -2.26. The van der Waals surface area contributed by atoms with Crippen LogP contribution in [0.15, 0.2) is 6.20 Å². The molecule has 0 atom stereocenters. The maximum Gasteiger partial charge on any atom is 0.276 e. The third kappa shape index (κ3) is 2.46. The lowest BCUT2D eigenvalue weighted by molar-refractivity contribution is 0.0758. The van der Waals surface area contributed by atoms with Crippen molar-refractivity contribution in [2.45, 2.75) is 26.3 Å². The van der Waals surface area contributed by atoms with Crippen molar-refractivity contribution in [3.05, 3.63) is 11.9 Å². The molecular weight excluding hydrogens is 218 g/mol. The second-order valence-electron chi connectivity index (χ2n) is 4.28. The quantitative estimate of drug-likeness (QED) is 0.799. The van der Waals surface area contributed by atoms with Crippen LogP contribution in [0.4, 0.5) is 0 Å². The smallest absolute Gasteiger partial charge is 0.276 e. The minimum Gasteiger partial charge on any atom is -0.337 e. The highest BCUT2D eigenvalue weighted by atomic mass is 16.2. The minimum atomic E-state index is -0.0205. The minimum absolute atomic E-state index is 0.0205. The number of aromatic nitrogens is 3. The largest absolute Gasteiger partial charge is 0.337 e. The Morgan fingerprint density at radius 1 is 1.59 bits per heavy atom. The first-order valence-electron chi connectivity index (χ1n) is 6.18. The van der Waals surface area contributed by atoms with Crippen LogP contribution in [0, 0.1) is 0 Å². The van der Waals surface area contributed by atoms with Gasteiger partial charge in [-0.2, -0.15) is 0 Å². The summed E-state index contributed by atoms with van der Waals surface area (Å²) in [5.41, 5.74) is 0.451. The molecule has 0 aromatic carbocycles. The van der Waals surface area contributed by atoms with Gasteiger partial charge in [0.2, 0.25) is 0 Å². The molecule has 17 heavy (non-hydrogen) atoms. The Balaban J connectivity index is 2.04. The van der Waals surface area contributed by atoms with E-state index < -0.39 is 0 Å². The number of rotatable bonds is 5. The van der Waals surface area contributed by atoms with Crippen LogP contribution in [0.5, 0.6) is 0 Å². The Morgan fingerprint density at radius 3 is 2.88 bits per heavy atom. The zero-order valence-electron chi connectivity index (χ0n) is 10.4. The number of nitrogens with zero attached hydrogens (tertiary/aromatic N) is 4. The molecule has 0 spiro atoms. The highest BCUT2D eigenvalue weighted by Gasteiger charge is 2.23. The van der Waals surface area contributed by atoms with E-state index in [0.717, 1.165) is 26.1 Å². The van der Waals surface area contributed by atoms with Crippen molar-refractivity contribution in [2.24, 2.45) is 0 Å². The van der Waals surface area contributed by atoms with E-state index >= 15 is 0 Å². The lowest BCUT2D eigenvalue weighted by atomic mass is 10.2. The van der Waals surface area contributed by atoms with E-state index in [1.807, 2.05) is 6.92 Å². The fourth-order valence-electron chi connectivity index (χ4n) is 1.85. The van der Waals surface area contributed by atoms with Crippen molar-refractivity contribution in [1.29, 1.82) is 0 Å². The summed E-state index contributed by atoms with van der Waals surface area (Å²) in [5, 5.41) is 11.1. The van der Waals surface area contributed by atoms with Gasteiger partial charge >= 0.3 is 0 Å². The molecule has 0 bridgehead atoms. The third-order valence-corrected chi connectivity index (χ3v) is 3.03. The predicted octanol–water partition coefficient (Wildman–Crippen LogP) is 0.295. The summed E-state index contributed by atoms with van der Waals surface area (Å²) in [6.45, 7) is 7.34. The summed E-state index contributed by atoms with van der Waals surface area (Å²) in [4.78, 5) is 13.9. The summed E-state index contributed by atoms with van der Waals surface area (Å²) < 4.78 is 1.78. The predicted molar refractivity (Wildman–Crippen MR) is 63.8 cm³/mol. The summed E-state index contributed by atoms with van der Waals surface area (Å²) in [6, 6.07) is 0.352. The van der Waals surface area contributed by atoms with Gasteiger partial charge in [0.25, 0.3) is 5.91 Å². The van der Waals surface area contributed by atoms with Crippen LogP contribution < -0.4 is 5.32 Å². The topological polar surface area (TPSA) is 63.1 Å². The van der Waals surface area contributed by atoms with Crippen LogP contribution in [0.2, 0.25) is 0 Å². The van der Waals surface area contributed by atoms with E-state index in [0.29, 0.717) is 18.3 Å². The fraction of sp³-hybridized carbons (Fsp3) is 0.727. The highest BCUT2D eigenvalue weighted by Crippen LogP contribution is 2.11. The molecule has 6 nitrogen and oxygen atoms in total. The number of carbonyl (C=O) groups excluding carboxylic acids is 1. The van der Waals surface area contributed by atoms with Crippen LogP contribution in [0.25, 0.3) is 0 Å². The Labute approximate surface area is 101 Å². The van der Waals surface area contributed by atoms with Gasteiger partial charge in [-0.05, 0) is 13.3 Å². The number of hydrogen-bond acceptors (Lipinski definition) is 4. The molecule has 1 aromatic rings. The molecule has 1 aliphatic heterocycles.